The van der Waals surface area contributed by atoms with Crippen LogP contribution >= 0.6 is 0 Å². The molecule has 0 unspecified atom stereocenters. The zero-order valence-electron chi connectivity index (χ0n) is 10.9. The minimum absolute atomic E-state index is 0.0697. The van der Waals surface area contributed by atoms with Gasteiger partial charge in [0.15, 0.2) is 0 Å². The molecule has 3 atom stereocenters. The van der Waals surface area contributed by atoms with Gasteiger partial charge in [0, 0.05) is 18.1 Å². The van der Waals surface area contributed by atoms with Crippen LogP contribution in [0.15, 0.2) is 30.7 Å². The van der Waals surface area contributed by atoms with Crippen molar-refractivity contribution in [2.45, 2.75) is 18.6 Å². The Morgan fingerprint density at radius 2 is 2.30 bits per heavy atom. The van der Waals surface area contributed by atoms with Crippen molar-refractivity contribution in [1.29, 1.82) is 0 Å². The first-order valence-corrected chi connectivity index (χ1v) is 6.83. The Kier molecular flexibility index (Phi) is 2.65. The Bertz CT molecular complexity index is 655. The number of aromatic nitrogens is 2. The molecule has 4 nitrogen and oxygen atoms in total. The van der Waals surface area contributed by atoms with E-state index < -0.39 is 6.10 Å². The molecule has 1 fully saturated rings. The smallest absolute Gasteiger partial charge is 0.123 e. The van der Waals surface area contributed by atoms with Gasteiger partial charge in [-0.2, -0.15) is 0 Å². The van der Waals surface area contributed by atoms with Crippen molar-refractivity contribution < 1.29 is 14.2 Å². The molecule has 1 saturated heterocycles. The summed E-state index contributed by atoms with van der Waals surface area (Å²) in [4.78, 5) is 4.18. The largest absolute Gasteiger partial charge is 0.393 e. The molecule has 0 aliphatic carbocycles. The van der Waals surface area contributed by atoms with E-state index in [2.05, 4.69) is 4.98 Å². The highest BCUT2D eigenvalue weighted by Crippen LogP contribution is 2.45. The van der Waals surface area contributed by atoms with E-state index in [4.69, 9.17) is 4.74 Å². The topological polar surface area (TPSA) is 47.3 Å². The molecule has 0 radical (unpaired) electrons. The minimum Gasteiger partial charge on any atom is -0.393 e. The fraction of sp³-hybridized carbons (Fsp3) is 0.400. The van der Waals surface area contributed by atoms with Crippen LogP contribution in [0, 0.1) is 11.7 Å². The number of fused-ring (bicyclic) bond motifs is 3. The van der Waals surface area contributed by atoms with Crippen LogP contribution in [-0.2, 0) is 4.74 Å². The van der Waals surface area contributed by atoms with E-state index in [1.165, 1.54) is 6.07 Å². The number of rotatable bonds is 1. The molecule has 104 valence electrons. The minimum atomic E-state index is -0.432. The zero-order chi connectivity index (χ0) is 13.7. The highest BCUT2D eigenvalue weighted by Gasteiger charge is 2.39. The van der Waals surface area contributed by atoms with Crippen LogP contribution in [0.2, 0.25) is 0 Å². The molecule has 0 spiro atoms. The number of imidazole rings is 1. The molecule has 20 heavy (non-hydrogen) atoms. The number of ether oxygens (including phenoxy) is 1. The standard InChI is InChI=1S/C15H15FN2O2/c16-9-1-2-10-11(5-9)15(18-8-17-6-13(10)18)12-7-20-4-3-14(12)19/h1-2,5-6,8,12,14-15,19H,3-4,7H2/t12-,14-,15-/m0/s1. The van der Waals surface area contributed by atoms with Crippen molar-refractivity contribution in [3.63, 3.8) is 0 Å². The number of aliphatic hydroxyl groups excluding tert-OH is 1. The van der Waals surface area contributed by atoms with Crippen LogP contribution in [0.4, 0.5) is 4.39 Å². The molecule has 1 aromatic heterocycles. The van der Waals surface area contributed by atoms with E-state index in [1.54, 1.807) is 24.7 Å². The maximum Gasteiger partial charge on any atom is 0.123 e. The van der Waals surface area contributed by atoms with Gasteiger partial charge in [-0.3, -0.25) is 0 Å². The molecule has 4 rings (SSSR count). The zero-order valence-corrected chi connectivity index (χ0v) is 10.9. The van der Waals surface area contributed by atoms with Crippen LogP contribution < -0.4 is 0 Å². The summed E-state index contributed by atoms with van der Waals surface area (Å²) in [6.45, 7) is 1.07. The Balaban J connectivity index is 1.85. The molecule has 2 aliphatic heterocycles. The van der Waals surface area contributed by atoms with Crippen molar-refractivity contribution in [3.05, 3.63) is 42.1 Å². The number of hydrogen-bond donors (Lipinski definition) is 1. The quantitative estimate of drug-likeness (QED) is 0.865. The first kappa shape index (κ1) is 12.1. The maximum absolute atomic E-state index is 13.6. The molecule has 1 N–H and O–H groups in total. The second kappa shape index (κ2) is 4.40. The van der Waals surface area contributed by atoms with E-state index in [1.807, 2.05) is 4.57 Å². The van der Waals surface area contributed by atoms with Gasteiger partial charge in [0.25, 0.3) is 0 Å². The van der Waals surface area contributed by atoms with E-state index in [-0.39, 0.29) is 17.8 Å². The van der Waals surface area contributed by atoms with Crippen molar-refractivity contribution in [1.82, 2.24) is 9.55 Å². The van der Waals surface area contributed by atoms with Gasteiger partial charge in [0.2, 0.25) is 0 Å². The second-order valence-corrected chi connectivity index (χ2v) is 5.46. The summed E-state index contributed by atoms with van der Waals surface area (Å²) in [7, 11) is 0. The number of aliphatic hydroxyl groups is 1. The molecule has 2 aromatic rings. The normalized spacial score (nSPS) is 28.2. The van der Waals surface area contributed by atoms with Crippen LogP contribution in [0.25, 0.3) is 11.3 Å². The van der Waals surface area contributed by atoms with E-state index in [9.17, 15) is 9.50 Å². The summed E-state index contributed by atoms with van der Waals surface area (Å²) >= 11 is 0. The summed E-state index contributed by atoms with van der Waals surface area (Å²) in [5.41, 5.74) is 2.88. The highest BCUT2D eigenvalue weighted by atomic mass is 19.1. The third-order valence-corrected chi connectivity index (χ3v) is 4.34. The van der Waals surface area contributed by atoms with E-state index in [0.717, 1.165) is 16.8 Å². The van der Waals surface area contributed by atoms with Gasteiger partial charge in [0.1, 0.15) is 5.82 Å². The van der Waals surface area contributed by atoms with E-state index in [0.29, 0.717) is 19.6 Å². The molecule has 0 amide bonds. The Hall–Kier alpha value is -1.72. The van der Waals surface area contributed by atoms with Crippen LogP contribution in [-0.4, -0.2) is 34.0 Å². The summed E-state index contributed by atoms with van der Waals surface area (Å²) < 4.78 is 21.1. The van der Waals surface area contributed by atoms with Crippen molar-refractivity contribution >= 4 is 0 Å². The second-order valence-electron chi connectivity index (χ2n) is 5.46. The molecule has 3 heterocycles. The van der Waals surface area contributed by atoms with Gasteiger partial charge < -0.3 is 14.4 Å². The number of benzene rings is 1. The Morgan fingerprint density at radius 3 is 3.15 bits per heavy atom. The Morgan fingerprint density at radius 1 is 1.40 bits per heavy atom. The summed E-state index contributed by atoms with van der Waals surface area (Å²) in [5.74, 6) is -0.321. The monoisotopic (exact) mass is 274 g/mol. The molecule has 0 bridgehead atoms. The summed E-state index contributed by atoms with van der Waals surface area (Å²) in [6, 6.07) is 4.71. The van der Waals surface area contributed by atoms with Crippen LogP contribution in [0.1, 0.15) is 18.0 Å². The maximum atomic E-state index is 13.6. The number of nitrogens with zero attached hydrogens (tertiary/aromatic N) is 2. The van der Waals surface area contributed by atoms with Gasteiger partial charge in [-0.25, -0.2) is 9.37 Å². The molecule has 2 aliphatic rings. The first-order chi connectivity index (χ1) is 9.75. The summed E-state index contributed by atoms with van der Waals surface area (Å²) in [5, 5.41) is 10.3. The lowest BCUT2D eigenvalue weighted by Gasteiger charge is -2.33. The first-order valence-electron chi connectivity index (χ1n) is 6.83. The molecule has 0 saturated carbocycles. The lowest BCUT2D eigenvalue weighted by Crippen LogP contribution is -2.37. The van der Waals surface area contributed by atoms with Gasteiger partial charge in [-0.1, -0.05) is 0 Å². The van der Waals surface area contributed by atoms with Crippen molar-refractivity contribution in [3.8, 4) is 11.3 Å². The predicted octanol–water partition coefficient (Wildman–Crippen LogP) is 1.99. The van der Waals surface area contributed by atoms with Gasteiger partial charge in [0.05, 0.1) is 37.0 Å². The average molecular weight is 274 g/mol. The van der Waals surface area contributed by atoms with E-state index >= 15 is 0 Å². The lowest BCUT2D eigenvalue weighted by molar-refractivity contribution is -0.0481. The molecule has 1 aromatic carbocycles. The Labute approximate surface area is 115 Å². The van der Waals surface area contributed by atoms with Gasteiger partial charge in [-0.05, 0) is 30.2 Å². The third-order valence-electron chi connectivity index (χ3n) is 4.34. The fourth-order valence-electron chi connectivity index (χ4n) is 3.38. The van der Waals surface area contributed by atoms with Gasteiger partial charge in [-0.15, -0.1) is 0 Å². The fourth-order valence-corrected chi connectivity index (χ4v) is 3.38. The van der Waals surface area contributed by atoms with Crippen LogP contribution in [0.3, 0.4) is 0 Å². The number of hydrogen-bond acceptors (Lipinski definition) is 3. The average Bonchev–Trinajstić information content (AvgIpc) is 3.00. The lowest BCUT2D eigenvalue weighted by atomic mass is 9.86. The molecule has 5 heteroatoms. The predicted molar refractivity (Wildman–Crippen MR) is 70.7 cm³/mol. The molecular weight excluding hydrogens is 259 g/mol. The number of halogens is 1. The SMILES string of the molecule is O[C@H]1CCOC[C@@H]1[C@@H]1c2cc(F)ccc2-c2cncn21. The molecular formula is C15H15FN2O2. The van der Waals surface area contributed by atoms with Crippen molar-refractivity contribution in [2.75, 3.05) is 13.2 Å². The highest BCUT2D eigenvalue weighted by molar-refractivity contribution is 5.69. The van der Waals surface area contributed by atoms with Gasteiger partial charge >= 0.3 is 0 Å². The van der Waals surface area contributed by atoms with Crippen molar-refractivity contribution in [2.24, 2.45) is 5.92 Å². The summed E-state index contributed by atoms with van der Waals surface area (Å²) in [6.07, 6.45) is 3.72. The third kappa shape index (κ3) is 1.63. The van der Waals surface area contributed by atoms with Crippen LogP contribution in [0.5, 0.6) is 0 Å².